The molecule has 1 amide bonds. The van der Waals surface area contributed by atoms with E-state index in [0.29, 0.717) is 12.3 Å². The summed E-state index contributed by atoms with van der Waals surface area (Å²) in [6, 6.07) is 11.8. The average Bonchev–Trinajstić information content (AvgIpc) is 3.25. The molecule has 0 aliphatic heterocycles. The Morgan fingerprint density at radius 3 is 2.54 bits per heavy atom. The van der Waals surface area contributed by atoms with Gasteiger partial charge in [0, 0.05) is 36.7 Å². The van der Waals surface area contributed by atoms with Crippen LogP contribution >= 0.6 is 0 Å². The van der Waals surface area contributed by atoms with Gasteiger partial charge in [-0.2, -0.15) is 10.1 Å². The van der Waals surface area contributed by atoms with Crippen LogP contribution in [0.3, 0.4) is 0 Å². The Labute approximate surface area is 162 Å². The summed E-state index contributed by atoms with van der Waals surface area (Å²) in [5, 5.41) is 8.95. The van der Waals surface area contributed by atoms with Crippen LogP contribution in [0.5, 0.6) is 0 Å². The predicted molar refractivity (Wildman–Crippen MR) is 104 cm³/mol. The maximum absolute atomic E-state index is 12.9. The van der Waals surface area contributed by atoms with Crippen LogP contribution in [0.4, 0.5) is 0 Å². The highest BCUT2D eigenvalue weighted by molar-refractivity contribution is 5.90. The van der Waals surface area contributed by atoms with Crippen LogP contribution in [0.2, 0.25) is 0 Å². The highest BCUT2D eigenvalue weighted by Gasteiger charge is 2.21. The van der Waals surface area contributed by atoms with Crippen molar-refractivity contribution in [2.75, 3.05) is 7.05 Å². The van der Waals surface area contributed by atoms with E-state index in [1.54, 1.807) is 22.7 Å². The molecule has 0 spiro atoms. The van der Waals surface area contributed by atoms with Gasteiger partial charge in [0.25, 0.3) is 11.7 Å². The number of aryl methyl sites for hydroxylation is 2. The van der Waals surface area contributed by atoms with Gasteiger partial charge in [0.1, 0.15) is 0 Å². The molecule has 0 unspecified atom stereocenters. The molecule has 0 aliphatic rings. The van der Waals surface area contributed by atoms with E-state index in [1.165, 1.54) is 0 Å². The number of carbonyl (C=O) groups excluding carboxylic acids is 1. The summed E-state index contributed by atoms with van der Waals surface area (Å²) in [6.45, 7) is 6.28. The number of para-hydroxylation sites is 1. The molecular weight excluding hydrogens is 354 g/mol. The van der Waals surface area contributed by atoms with E-state index in [1.807, 2.05) is 61.9 Å². The Balaban J connectivity index is 1.61. The van der Waals surface area contributed by atoms with E-state index in [2.05, 4.69) is 20.2 Å². The van der Waals surface area contributed by atoms with Crippen molar-refractivity contribution in [3.05, 3.63) is 71.1 Å². The van der Waals surface area contributed by atoms with Crippen molar-refractivity contribution in [2.24, 2.45) is 0 Å². The third-order valence-electron chi connectivity index (χ3n) is 4.81. The quantitative estimate of drug-likeness (QED) is 0.547. The SMILES string of the molecule is Cc1nn(-c2ccccc2)c(C)c1CN(C)C(=O)c1nc2nccc(C)n2n1. The van der Waals surface area contributed by atoms with Crippen molar-refractivity contribution in [3.63, 3.8) is 0 Å². The zero-order valence-electron chi connectivity index (χ0n) is 16.3. The first kappa shape index (κ1) is 17.8. The zero-order valence-corrected chi connectivity index (χ0v) is 16.3. The fourth-order valence-electron chi connectivity index (χ4n) is 3.20. The molecule has 0 aliphatic carbocycles. The second kappa shape index (κ2) is 6.88. The molecule has 4 rings (SSSR count). The molecule has 142 valence electrons. The Morgan fingerprint density at radius 1 is 1.07 bits per heavy atom. The third kappa shape index (κ3) is 3.02. The van der Waals surface area contributed by atoms with Gasteiger partial charge in [-0.25, -0.2) is 14.2 Å². The Kier molecular flexibility index (Phi) is 4.38. The largest absolute Gasteiger partial charge is 0.334 e. The predicted octanol–water partition coefficient (Wildman–Crippen LogP) is 2.51. The standard InChI is InChI=1S/C20H21N7O/c1-13-10-11-21-20-22-18(24-26(13)20)19(28)25(4)12-17-14(2)23-27(15(17)3)16-8-6-5-7-9-16/h5-11H,12H2,1-4H3. The zero-order chi connectivity index (χ0) is 19.8. The summed E-state index contributed by atoms with van der Waals surface area (Å²) in [6.07, 6.45) is 1.65. The van der Waals surface area contributed by atoms with Crippen LogP contribution in [0.15, 0.2) is 42.6 Å². The van der Waals surface area contributed by atoms with Gasteiger partial charge < -0.3 is 4.90 Å². The second-order valence-corrected chi connectivity index (χ2v) is 6.79. The average molecular weight is 375 g/mol. The number of hydrogen-bond donors (Lipinski definition) is 0. The minimum atomic E-state index is -0.254. The maximum Gasteiger partial charge on any atom is 0.293 e. The molecule has 0 fully saturated rings. The topological polar surface area (TPSA) is 81.2 Å². The lowest BCUT2D eigenvalue weighted by molar-refractivity contribution is 0.0773. The van der Waals surface area contributed by atoms with Crippen molar-refractivity contribution in [2.45, 2.75) is 27.3 Å². The summed E-state index contributed by atoms with van der Waals surface area (Å²) in [7, 11) is 1.74. The summed E-state index contributed by atoms with van der Waals surface area (Å²) in [5.74, 6) is 0.298. The van der Waals surface area contributed by atoms with Gasteiger partial charge in [-0.15, -0.1) is 5.10 Å². The fourth-order valence-corrected chi connectivity index (χ4v) is 3.20. The van der Waals surface area contributed by atoms with Gasteiger partial charge >= 0.3 is 0 Å². The number of aromatic nitrogens is 6. The number of hydrogen-bond acceptors (Lipinski definition) is 5. The normalized spacial score (nSPS) is 11.1. The maximum atomic E-state index is 12.9. The molecule has 0 saturated heterocycles. The van der Waals surface area contributed by atoms with Crippen LogP contribution in [0.25, 0.3) is 11.5 Å². The number of amides is 1. The van der Waals surface area contributed by atoms with Crippen LogP contribution < -0.4 is 0 Å². The smallest absolute Gasteiger partial charge is 0.293 e. The van der Waals surface area contributed by atoms with Crippen LogP contribution in [-0.2, 0) is 6.54 Å². The van der Waals surface area contributed by atoms with Crippen molar-refractivity contribution >= 4 is 11.7 Å². The van der Waals surface area contributed by atoms with E-state index in [-0.39, 0.29) is 11.7 Å². The minimum absolute atomic E-state index is 0.134. The first-order chi connectivity index (χ1) is 13.5. The van der Waals surface area contributed by atoms with Gasteiger partial charge in [0.2, 0.25) is 5.82 Å². The van der Waals surface area contributed by atoms with Crippen molar-refractivity contribution in [1.82, 2.24) is 34.3 Å². The number of rotatable bonds is 4. The Morgan fingerprint density at radius 2 is 1.82 bits per heavy atom. The molecule has 1 aromatic carbocycles. The monoisotopic (exact) mass is 375 g/mol. The molecule has 0 radical (unpaired) electrons. The van der Waals surface area contributed by atoms with Crippen LogP contribution in [-0.4, -0.2) is 47.2 Å². The number of nitrogens with zero attached hydrogens (tertiary/aromatic N) is 7. The molecular formula is C20H21N7O. The summed E-state index contributed by atoms with van der Waals surface area (Å²) < 4.78 is 3.48. The molecule has 8 nitrogen and oxygen atoms in total. The fraction of sp³-hybridized carbons (Fsp3) is 0.250. The van der Waals surface area contributed by atoms with Crippen molar-refractivity contribution in [1.29, 1.82) is 0 Å². The minimum Gasteiger partial charge on any atom is -0.334 e. The van der Waals surface area contributed by atoms with Gasteiger partial charge in [-0.05, 0) is 39.0 Å². The highest BCUT2D eigenvalue weighted by atomic mass is 16.2. The van der Waals surface area contributed by atoms with E-state index in [4.69, 9.17) is 0 Å². The van der Waals surface area contributed by atoms with E-state index in [9.17, 15) is 4.79 Å². The van der Waals surface area contributed by atoms with Crippen LogP contribution in [0.1, 0.15) is 33.3 Å². The lowest BCUT2D eigenvalue weighted by atomic mass is 10.2. The first-order valence-electron chi connectivity index (χ1n) is 9.00. The Bertz CT molecular complexity index is 1160. The van der Waals surface area contributed by atoms with Crippen molar-refractivity contribution < 1.29 is 4.79 Å². The Hall–Kier alpha value is -3.55. The number of fused-ring (bicyclic) bond motifs is 1. The summed E-state index contributed by atoms with van der Waals surface area (Å²) >= 11 is 0. The molecule has 0 bridgehead atoms. The van der Waals surface area contributed by atoms with Gasteiger partial charge in [-0.3, -0.25) is 4.79 Å². The summed E-state index contributed by atoms with van der Waals surface area (Å²) in [5.41, 5.74) is 4.77. The van der Waals surface area contributed by atoms with E-state index in [0.717, 1.165) is 28.3 Å². The van der Waals surface area contributed by atoms with Gasteiger partial charge in [0.05, 0.1) is 11.4 Å². The second-order valence-electron chi connectivity index (χ2n) is 6.79. The molecule has 28 heavy (non-hydrogen) atoms. The molecule has 4 aromatic rings. The summed E-state index contributed by atoms with van der Waals surface area (Å²) in [4.78, 5) is 22.9. The first-order valence-corrected chi connectivity index (χ1v) is 9.00. The highest BCUT2D eigenvalue weighted by Crippen LogP contribution is 2.19. The molecule has 0 saturated carbocycles. The lowest BCUT2D eigenvalue weighted by Gasteiger charge is -2.15. The number of benzene rings is 1. The molecule has 0 N–H and O–H groups in total. The molecule has 3 aromatic heterocycles. The van der Waals surface area contributed by atoms with Gasteiger partial charge in [0.15, 0.2) is 0 Å². The lowest BCUT2D eigenvalue weighted by Crippen LogP contribution is -2.27. The van der Waals surface area contributed by atoms with Gasteiger partial charge in [-0.1, -0.05) is 18.2 Å². The molecule has 0 atom stereocenters. The van der Waals surface area contributed by atoms with Crippen molar-refractivity contribution in [3.8, 4) is 5.69 Å². The van der Waals surface area contributed by atoms with E-state index < -0.39 is 0 Å². The molecule has 3 heterocycles. The molecule has 8 heteroatoms. The van der Waals surface area contributed by atoms with Crippen LogP contribution in [0, 0.1) is 20.8 Å². The van der Waals surface area contributed by atoms with E-state index >= 15 is 0 Å². The number of carbonyl (C=O) groups is 1. The third-order valence-corrected chi connectivity index (χ3v) is 4.81.